The van der Waals surface area contributed by atoms with Gasteiger partial charge in [-0.25, -0.2) is 0 Å². The molecule has 0 aromatic heterocycles. The van der Waals surface area contributed by atoms with Crippen molar-refractivity contribution in [3.63, 3.8) is 0 Å². The molecule has 14 heavy (non-hydrogen) atoms. The topological polar surface area (TPSA) is 40.5 Å². The summed E-state index contributed by atoms with van der Waals surface area (Å²) in [5, 5.41) is 8.86. The number of rotatable bonds is 5. The molecule has 0 aliphatic carbocycles. The van der Waals surface area contributed by atoms with Crippen LogP contribution in [-0.2, 0) is 4.79 Å². The molecule has 1 rings (SSSR count). The number of amides is 1. The minimum atomic E-state index is 0.237. The second-order valence-corrected chi connectivity index (χ2v) is 4.08. The van der Waals surface area contributed by atoms with Crippen molar-refractivity contribution in [1.82, 2.24) is 4.90 Å². The van der Waals surface area contributed by atoms with Gasteiger partial charge in [0, 0.05) is 26.1 Å². The average molecular weight is 199 g/mol. The Morgan fingerprint density at radius 1 is 1.50 bits per heavy atom. The van der Waals surface area contributed by atoms with E-state index in [9.17, 15) is 4.79 Å². The van der Waals surface area contributed by atoms with E-state index in [0.717, 1.165) is 45.2 Å². The van der Waals surface area contributed by atoms with Crippen LogP contribution in [0.15, 0.2) is 0 Å². The summed E-state index contributed by atoms with van der Waals surface area (Å²) in [5.41, 5.74) is 0. The Hall–Kier alpha value is -0.570. The maximum atomic E-state index is 11.5. The quantitative estimate of drug-likeness (QED) is 0.727. The van der Waals surface area contributed by atoms with Gasteiger partial charge in [-0.1, -0.05) is 13.3 Å². The highest BCUT2D eigenvalue weighted by molar-refractivity contribution is 5.76. The molecule has 1 amide bonds. The highest BCUT2D eigenvalue weighted by Gasteiger charge is 2.20. The Morgan fingerprint density at radius 2 is 2.29 bits per heavy atom. The van der Waals surface area contributed by atoms with Crippen molar-refractivity contribution in [2.24, 2.45) is 5.92 Å². The molecule has 82 valence electrons. The molecule has 0 bridgehead atoms. The predicted molar refractivity (Wildman–Crippen MR) is 55.9 cm³/mol. The first-order chi connectivity index (χ1) is 6.77. The smallest absolute Gasteiger partial charge is 0.222 e. The van der Waals surface area contributed by atoms with Crippen molar-refractivity contribution in [2.75, 3.05) is 19.7 Å². The number of nitrogens with zero attached hydrogens (tertiary/aromatic N) is 1. The highest BCUT2D eigenvalue weighted by Crippen LogP contribution is 2.15. The molecule has 0 spiro atoms. The van der Waals surface area contributed by atoms with Crippen molar-refractivity contribution in [3.05, 3.63) is 0 Å². The van der Waals surface area contributed by atoms with Crippen LogP contribution in [-0.4, -0.2) is 35.6 Å². The lowest BCUT2D eigenvalue weighted by atomic mass is 10.0. The molecule has 1 fully saturated rings. The minimum absolute atomic E-state index is 0.237. The van der Waals surface area contributed by atoms with Gasteiger partial charge in [0.15, 0.2) is 0 Å². The number of piperidine rings is 1. The van der Waals surface area contributed by atoms with Crippen LogP contribution in [0.2, 0.25) is 0 Å². The van der Waals surface area contributed by atoms with Crippen LogP contribution in [0.3, 0.4) is 0 Å². The number of hydrogen-bond acceptors (Lipinski definition) is 2. The number of likely N-dealkylation sites (tertiary alicyclic amines) is 1. The molecule has 1 atom stereocenters. The third-order valence-corrected chi connectivity index (χ3v) is 3.01. The van der Waals surface area contributed by atoms with Gasteiger partial charge in [0.2, 0.25) is 5.91 Å². The zero-order chi connectivity index (χ0) is 10.4. The summed E-state index contributed by atoms with van der Waals surface area (Å²) in [6.07, 6.45) is 4.77. The molecular formula is C11H21NO2. The lowest BCUT2D eigenvalue weighted by molar-refractivity contribution is -0.134. The summed E-state index contributed by atoms with van der Waals surface area (Å²) in [4.78, 5) is 13.5. The molecule has 3 heteroatoms. The summed E-state index contributed by atoms with van der Waals surface area (Å²) in [5.74, 6) is 0.773. The van der Waals surface area contributed by atoms with Crippen molar-refractivity contribution < 1.29 is 9.90 Å². The summed E-state index contributed by atoms with van der Waals surface area (Å²) in [6.45, 7) is 4.12. The van der Waals surface area contributed by atoms with Crippen molar-refractivity contribution >= 4 is 5.91 Å². The first-order valence-corrected chi connectivity index (χ1v) is 5.66. The highest BCUT2D eigenvalue weighted by atomic mass is 16.3. The van der Waals surface area contributed by atoms with Gasteiger partial charge in [-0.05, 0) is 25.2 Å². The molecule has 1 N–H and O–H groups in total. The number of aliphatic hydroxyl groups is 1. The Morgan fingerprint density at radius 3 is 2.86 bits per heavy atom. The van der Waals surface area contributed by atoms with E-state index < -0.39 is 0 Å². The van der Waals surface area contributed by atoms with E-state index in [1.54, 1.807) is 0 Å². The van der Waals surface area contributed by atoms with E-state index in [1.165, 1.54) is 0 Å². The third kappa shape index (κ3) is 3.29. The Kier molecular flexibility index (Phi) is 4.94. The van der Waals surface area contributed by atoms with Crippen LogP contribution in [0.4, 0.5) is 0 Å². The van der Waals surface area contributed by atoms with Gasteiger partial charge in [0.1, 0.15) is 0 Å². The molecule has 3 nitrogen and oxygen atoms in total. The second kappa shape index (κ2) is 6.02. The molecule has 1 heterocycles. The zero-order valence-corrected chi connectivity index (χ0v) is 9.04. The molecule has 0 aromatic rings. The first kappa shape index (κ1) is 11.5. The average Bonchev–Trinajstić information content (AvgIpc) is 2.20. The molecule has 1 aliphatic rings. The monoisotopic (exact) mass is 199 g/mol. The summed E-state index contributed by atoms with van der Waals surface area (Å²) >= 11 is 0. The van der Waals surface area contributed by atoms with Crippen LogP contribution < -0.4 is 0 Å². The fourth-order valence-electron chi connectivity index (χ4n) is 1.97. The molecular weight excluding hydrogens is 178 g/mol. The van der Waals surface area contributed by atoms with Crippen LogP contribution in [0.25, 0.3) is 0 Å². The summed E-state index contributed by atoms with van der Waals surface area (Å²) < 4.78 is 0. The van der Waals surface area contributed by atoms with Gasteiger partial charge >= 0.3 is 0 Å². The van der Waals surface area contributed by atoms with E-state index in [-0.39, 0.29) is 6.61 Å². The van der Waals surface area contributed by atoms with Gasteiger partial charge in [-0.3, -0.25) is 4.79 Å². The SMILES string of the molecule is CCC(CCO)CN1CCCCC1=O. The van der Waals surface area contributed by atoms with Crippen LogP contribution in [0, 0.1) is 5.92 Å². The van der Waals surface area contributed by atoms with E-state index in [2.05, 4.69) is 6.92 Å². The molecule has 0 aromatic carbocycles. The largest absolute Gasteiger partial charge is 0.396 e. The first-order valence-electron chi connectivity index (χ1n) is 5.66. The third-order valence-electron chi connectivity index (χ3n) is 3.01. The Balaban J connectivity index is 2.35. The van der Waals surface area contributed by atoms with Crippen LogP contribution >= 0.6 is 0 Å². The fourth-order valence-corrected chi connectivity index (χ4v) is 1.97. The summed E-state index contributed by atoms with van der Waals surface area (Å²) in [6, 6.07) is 0. The maximum Gasteiger partial charge on any atom is 0.222 e. The van der Waals surface area contributed by atoms with Gasteiger partial charge in [0.05, 0.1) is 0 Å². The van der Waals surface area contributed by atoms with E-state index in [4.69, 9.17) is 5.11 Å². The molecule has 1 saturated heterocycles. The van der Waals surface area contributed by atoms with Crippen molar-refractivity contribution in [3.8, 4) is 0 Å². The maximum absolute atomic E-state index is 11.5. The van der Waals surface area contributed by atoms with E-state index in [0.29, 0.717) is 11.8 Å². The molecule has 1 unspecified atom stereocenters. The van der Waals surface area contributed by atoms with Gasteiger partial charge in [0.25, 0.3) is 0 Å². The Labute approximate surface area is 86.1 Å². The predicted octanol–water partition coefficient (Wildman–Crippen LogP) is 1.41. The lowest BCUT2D eigenvalue weighted by Crippen LogP contribution is -2.38. The number of carbonyl (C=O) groups is 1. The summed E-state index contributed by atoms with van der Waals surface area (Å²) in [7, 11) is 0. The fraction of sp³-hybridized carbons (Fsp3) is 0.909. The standard InChI is InChI=1S/C11H21NO2/c1-2-10(6-8-13)9-12-7-4-3-5-11(12)14/h10,13H,2-9H2,1H3. The van der Waals surface area contributed by atoms with Gasteiger partial charge in [-0.15, -0.1) is 0 Å². The van der Waals surface area contributed by atoms with Crippen molar-refractivity contribution in [2.45, 2.75) is 39.0 Å². The van der Waals surface area contributed by atoms with Crippen LogP contribution in [0.5, 0.6) is 0 Å². The van der Waals surface area contributed by atoms with Gasteiger partial charge < -0.3 is 10.0 Å². The number of aliphatic hydroxyl groups excluding tert-OH is 1. The van der Waals surface area contributed by atoms with Gasteiger partial charge in [-0.2, -0.15) is 0 Å². The molecule has 1 aliphatic heterocycles. The second-order valence-electron chi connectivity index (χ2n) is 4.08. The number of hydrogen-bond donors (Lipinski definition) is 1. The molecule has 0 saturated carbocycles. The normalized spacial score (nSPS) is 19.9. The Bertz CT molecular complexity index is 182. The zero-order valence-electron chi connectivity index (χ0n) is 9.04. The van der Waals surface area contributed by atoms with Crippen LogP contribution in [0.1, 0.15) is 39.0 Å². The number of carbonyl (C=O) groups excluding carboxylic acids is 1. The van der Waals surface area contributed by atoms with E-state index in [1.807, 2.05) is 4.90 Å². The minimum Gasteiger partial charge on any atom is -0.396 e. The van der Waals surface area contributed by atoms with E-state index >= 15 is 0 Å². The van der Waals surface area contributed by atoms with Crippen molar-refractivity contribution in [1.29, 1.82) is 0 Å². The molecule has 0 radical (unpaired) electrons. The lowest BCUT2D eigenvalue weighted by Gasteiger charge is -2.30.